The predicted molar refractivity (Wildman–Crippen MR) is 77.0 cm³/mol. The molecule has 5 heteroatoms. The van der Waals surface area contributed by atoms with E-state index >= 15 is 0 Å². The lowest BCUT2D eigenvalue weighted by atomic mass is 9.93. The molecule has 0 rings (SSSR count). The largest absolute Gasteiger partial charge is 0.465 e. The van der Waals surface area contributed by atoms with Gasteiger partial charge in [0.1, 0.15) is 5.54 Å². The Hall–Kier alpha value is -0.650. The fraction of sp³-hybridized carbons (Fsp3) is 0.929. The van der Waals surface area contributed by atoms with Gasteiger partial charge in [-0.1, -0.05) is 6.92 Å². The van der Waals surface area contributed by atoms with Crippen LogP contribution in [0.2, 0.25) is 0 Å². The first-order valence-corrected chi connectivity index (χ1v) is 7.00. The molecule has 0 aliphatic rings. The highest BCUT2D eigenvalue weighted by Crippen LogP contribution is 2.17. The smallest absolute Gasteiger partial charge is 0.325 e. The third-order valence-electron chi connectivity index (χ3n) is 3.37. The van der Waals surface area contributed by atoms with Crippen LogP contribution >= 0.6 is 0 Å². The molecule has 3 unspecified atom stereocenters. The summed E-state index contributed by atoms with van der Waals surface area (Å²) < 4.78 is 10.2. The van der Waals surface area contributed by atoms with Crippen LogP contribution in [0.3, 0.4) is 0 Å². The van der Waals surface area contributed by atoms with Crippen LogP contribution in [0.25, 0.3) is 0 Å². The van der Waals surface area contributed by atoms with Crippen molar-refractivity contribution in [2.24, 2.45) is 5.73 Å². The summed E-state index contributed by atoms with van der Waals surface area (Å²) >= 11 is 0. The van der Waals surface area contributed by atoms with Gasteiger partial charge in [0.15, 0.2) is 0 Å². The Kier molecular flexibility index (Phi) is 8.22. The number of nitrogens with two attached hydrogens (primary N) is 1. The predicted octanol–water partition coefficient (Wildman–Crippen LogP) is 1.40. The van der Waals surface area contributed by atoms with Crippen molar-refractivity contribution in [2.75, 3.05) is 26.9 Å². The van der Waals surface area contributed by atoms with Gasteiger partial charge in [-0.2, -0.15) is 0 Å². The molecule has 0 fully saturated rings. The van der Waals surface area contributed by atoms with E-state index in [9.17, 15) is 4.79 Å². The minimum absolute atomic E-state index is 0.189. The molecule has 114 valence electrons. The van der Waals surface area contributed by atoms with E-state index in [2.05, 4.69) is 25.7 Å². The zero-order valence-corrected chi connectivity index (χ0v) is 13.2. The topological polar surface area (TPSA) is 64.8 Å². The van der Waals surface area contributed by atoms with Gasteiger partial charge in [0.05, 0.1) is 13.2 Å². The zero-order valence-electron chi connectivity index (χ0n) is 13.2. The van der Waals surface area contributed by atoms with Gasteiger partial charge in [-0.25, -0.2) is 0 Å². The number of esters is 1. The van der Waals surface area contributed by atoms with Crippen LogP contribution in [0.5, 0.6) is 0 Å². The monoisotopic (exact) mass is 274 g/mol. The summed E-state index contributed by atoms with van der Waals surface area (Å²) in [4.78, 5) is 14.1. The number of hydrogen-bond donors (Lipinski definition) is 1. The molecule has 0 aromatic rings. The van der Waals surface area contributed by atoms with Crippen molar-refractivity contribution in [1.82, 2.24) is 4.90 Å². The number of carbonyl (C=O) groups excluding carboxylic acids is 1. The van der Waals surface area contributed by atoms with Crippen LogP contribution in [-0.2, 0) is 14.3 Å². The van der Waals surface area contributed by atoms with E-state index in [1.54, 1.807) is 21.0 Å². The summed E-state index contributed by atoms with van der Waals surface area (Å²) in [6, 6.07) is 0.484. The van der Waals surface area contributed by atoms with Crippen molar-refractivity contribution >= 4 is 5.97 Å². The average Bonchev–Trinajstić information content (AvgIpc) is 2.29. The Labute approximate surface area is 117 Å². The van der Waals surface area contributed by atoms with Gasteiger partial charge in [-0.05, 0) is 40.7 Å². The Morgan fingerprint density at radius 1 is 1.32 bits per heavy atom. The Morgan fingerprint density at radius 2 is 1.89 bits per heavy atom. The molecule has 5 nitrogen and oxygen atoms in total. The van der Waals surface area contributed by atoms with Gasteiger partial charge in [-0.3, -0.25) is 9.69 Å². The van der Waals surface area contributed by atoms with Crippen LogP contribution in [0.4, 0.5) is 0 Å². The zero-order chi connectivity index (χ0) is 15.1. The molecule has 3 atom stereocenters. The summed E-state index contributed by atoms with van der Waals surface area (Å²) in [5, 5.41) is 0. The van der Waals surface area contributed by atoms with Gasteiger partial charge in [0, 0.05) is 19.2 Å². The molecule has 0 saturated carbocycles. The lowest BCUT2D eigenvalue weighted by molar-refractivity contribution is -0.149. The van der Waals surface area contributed by atoms with Crippen molar-refractivity contribution in [2.45, 2.75) is 58.7 Å². The number of methoxy groups -OCH3 is 1. The molecule has 0 aromatic heterocycles. The second kappa shape index (κ2) is 8.51. The summed E-state index contributed by atoms with van der Waals surface area (Å²) in [5.41, 5.74) is 5.13. The molecule has 0 heterocycles. The average molecular weight is 274 g/mol. The quantitative estimate of drug-likeness (QED) is 0.644. The first-order chi connectivity index (χ1) is 8.80. The normalized spacial score (nSPS) is 17.9. The van der Waals surface area contributed by atoms with Crippen LogP contribution in [-0.4, -0.2) is 55.4 Å². The van der Waals surface area contributed by atoms with Gasteiger partial charge >= 0.3 is 5.97 Å². The molecular weight excluding hydrogens is 244 g/mol. The Morgan fingerprint density at radius 3 is 2.32 bits per heavy atom. The molecule has 19 heavy (non-hydrogen) atoms. The second-order valence-corrected chi connectivity index (χ2v) is 5.33. The van der Waals surface area contributed by atoms with Crippen molar-refractivity contribution < 1.29 is 14.3 Å². The highest BCUT2D eigenvalue weighted by molar-refractivity contribution is 5.80. The molecule has 0 bridgehead atoms. The SMILES string of the molecule is CCOC(=O)C(C)(N)CC(C)N(CC)C(C)COC. The van der Waals surface area contributed by atoms with Gasteiger partial charge in [0.2, 0.25) is 0 Å². The molecule has 0 spiro atoms. The first-order valence-electron chi connectivity index (χ1n) is 7.00. The number of likely N-dealkylation sites (N-methyl/N-ethyl adjacent to an activating group) is 1. The molecular formula is C14H30N2O3. The molecule has 0 aliphatic carbocycles. The molecule has 0 aliphatic heterocycles. The fourth-order valence-electron chi connectivity index (χ4n) is 2.50. The molecule has 2 N–H and O–H groups in total. The van der Waals surface area contributed by atoms with Gasteiger partial charge < -0.3 is 15.2 Å². The Bertz CT molecular complexity index is 269. The summed E-state index contributed by atoms with van der Waals surface area (Å²) in [6.45, 7) is 11.7. The van der Waals surface area contributed by atoms with E-state index < -0.39 is 5.54 Å². The van der Waals surface area contributed by atoms with Crippen molar-refractivity contribution in [1.29, 1.82) is 0 Å². The van der Waals surface area contributed by atoms with Gasteiger partial charge in [-0.15, -0.1) is 0 Å². The van der Waals surface area contributed by atoms with Crippen LogP contribution in [0.15, 0.2) is 0 Å². The van der Waals surface area contributed by atoms with E-state index in [1.807, 2.05) is 0 Å². The number of rotatable bonds is 9. The second-order valence-electron chi connectivity index (χ2n) is 5.33. The minimum atomic E-state index is -0.949. The molecule has 0 saturated heterocycles. The highest BCUT2D eigenvalue weighted by atomic mass is 16.5. The molecule has 0 amide bonds. The van der Waals surface area contributed by atoms with E-state index in [4.69, 9.17) is 15.2 Å². The third kappa shape index (κ3) is 5.89. The number of carbonyl (C=O) groups is 1. The van der Waals surface area contributed by atoms with Crippen LogP contribution in [0, 0.1) is 0 Å². The van der Waals surface area contributed by atoms with E-state index in [0.717, 1.165) is 6.54 Å². The van der Waals surface area contributed by atoms with Crippen molar-refractivity contribution in [3.05, 3.63) is 0 Å². The molecule has 0 radical (unpaired) electrons. The summed E-state index contributed by atoms with van der Waals surface area (Å²) in [6.07, 6.45) is 0.563. The first kappa shape index (κ1) is 18.4. The van der Waals surface area contributed by atoms with E-state index in [-0.39, 0.29) is 12.0 Å². The fourth-order valence-corrected chi connectivity index (χ4v) is 2.50. The molecule has 0 aromatic carbocycles. The van der Waals surface area contributed by atoms with E-state index in [1.165, 1.54) is 0 Å². The maximum atomic E-state index is 11.8. The number of hydrogen-bond acceptors (Lipinski definition) is 5. The summed E-state index contributed by atoms with van der Waals surface area (Å²) in [7, 11) is 1.70. The maximum Gasteiger partial charge on any atom is 0.325 e. The Balaban J connectivity index is 4.62. The number of nitrogens with zero attached hydrogens (tertiary/aromatic N) is 1. The van der Waals surface area contributed by atoms with E-state index in [0.29, 0.717) is 25.7 Å². The van der Waals surface area contributed by atoms with Crippen molar-refractivity contribution in [3.8, 4) is 0 Å². The minimum Gasteiger partial charge on any atom is -0.465 e. The lowest BCUT2D eigenvalue weighted by Crippen LogP contribution is -2.53. The van der Waals surface area contributed by atoms with Crippen molar-refractivity contribution in [3.63, 3.8) is 0 Å². The highest BCUT2D eigenvalue weighted by Gasteiger charge is 2.34. The standard InChI is InChI=1S/C14H30N2O3/c1-7-16(12(4)10-18-6)11(3)9-14(5,15)13(17)19-8-2/h11-12H,7-10,15H2,1-6H3. The number of ether oxygens (including phenoxy) is 2. The van der Waals surface area contributed by atoms with Crippen LogP contribution in [0.1, 0.15) is 41.0 Å². The summed E-state index contributed by atoms with van der Waals surface area (Å²) in [5.74, 6) is -0.336. The maximum absolute atomic E-state index is 11.8. The lowest BCUT2D eigenvalue weighted by Gasteiger charge is -2.36. The third-order valence-corrected chi connectivity index (χ3v) is 3.37. The van der Waals surface area contributed by atoms with Crippen LogP contribution < -0.4 is 5.73 Å². The van der Waals surface area contributed by atoms with Gasteiger partial charge in [0.25, 0.3) is 0 Å².